The summed E-state index contributed by atoms with van der Waals surface area (Å²) in [5, 5.41) is 6.17. The molecule has 1 unspecified atom stereocenters. The average Bonchev–Trinajstić information content (AvgIpc) is 2.06. The van der Waals surface area contributed by atoms with E-state index >= 15 is 0 Å². The summed E-state index contributed by atoms with van der Waals surface area (Å²) in [6.45, 7) is 2.91. The van der Waals surface area contributed by atoms with Crippen LogP contribution in [0, 0.1) is 0 Å². The minimum absolute atomic E-state index is 0.143. The molecule has 0 aromatic rings. The summed E-state index contributed by atoms with van der Waals surface area (Å²) < 4.78 is 0. The lowest BCUT2D eigenvalue weighted by Crippen LogP contribution is -2.47. The maximum absolute atomic E-state index is 10.9. The van der Waals surface area contributed by atoms with Crippen molar-refractivity contribution < 1.29 is 4.79 Å². The van der Waals surface area contributed by atoms with Gasteiger partial charge in [0.25, 0.3) is 0 Å². The third kappa shape index (κ3) is 2.89. The predicted octanol–water partition coefficient (Wildman–Crippen LogP) is 0.612. The van der Waals surface area contributed by atoms with Gasteiger partial charge in [0.15, 0.2) is 0 Å². The zero-order valence-electron chi connectivity index (χ0n) is 7.02. The van der Waals surface area contributed by atoms with Crippen LogP contribution in [0.4, 0.5) is 0 Å². The highest BCUT2D eigenvalue weighted by atomic mass is 16.1. The lowest BCUT2D eigenvalue weighted by Gasteiger charge is -2.24. The van der Waals surface area contributed by atoms with Crippen molar-refractivity contribution in [1.82, 2.24) is 10.6 Å². The standard InChI is InChI=1S/C8H16N2O/c1-2-8(11)10-7-5-3-4-6-9-7/h7,9H,2-6H2,1H3,(H,10,11). The molecule has 1 rings (SSSR count). The molecule has 1 atom stereocenters. The predicted molar refractivity (Wildman–Crippen MR) is 44.1 cm³/mol. The molecule has 0 aromatic carbocycles. The molecule has 0 radical (unpaired) electrons. The van der Waals surface area contributed by atoms with E-state index in [1.165, 1.54) is 12.8 Å². The van der Waals surface area contributed by atoms with Gasteiger partial charge in [-0.05, 0) is 25.8 Å². The van der Waals surface area contributed by atoms with Crippen LogP contribution in [0.15, 0.2) is 0 Å². The number of amides is 1. The zero-order valence-corrected chi connectivity index (χ0v) is 7.02. The van der Waals surface area contributed by atoms with Gasteiger partial charge in [0.2, 0.25) is 5.91 Å². The van der Waals surface area contributed by atoms with E-state index in [0.29, 0.717) is 6.42 Å². The molecular weight excluding hydrogens is 140 g/mol. The van der Waals surface area contributed by atoms with Crippen LogP contribution in [0.25, 0.3) is 0 Å². The Hall–Kier alpha value is -0.570. The molecule has 1 fully saturated rings. The fraction of sp³-hybridized carbons (Fsp3) is 0.875. The van der Waals surface area contributed by atoms with Crippen LogP contribution in [-0.2, 0) is 4.79 Å². The van der Waals surface area contributed by atoms with Crippen LogP contribution in [0.2, 0.25) is 0 Å². The van der Waals surface area contributed by atoms with Crippen molar-refractivity contribution in [2.75, 3.05) is 6.54 Å². The Morgan fingerprint density at radius 2 is 2.45 bits per heavy atom. The van der Waals surface area contributed by atoms with Gasteiger partial charge in [-0.15, -0.1) is 0 Å². The van der Waals surface area contributed by atoms with Crippen molar-refractivity contribution in [2.24, 2.45) is 0 Å². The highest BCUT2D eigenvalue weighted by Crippen LogP contribution is 2.04. The third-order valence-electron chi connectivity index (χ3n) is 1.97. The van der Waals surface area contributed by atoms with Gasteiger partial charge in [-0.25, -0.2) is 0 Å². The first-order valence-electron chi connectivity index (χ1n) is 4.35. The molecule has 1 aliphatic rings. The first kappa shape index (κ1) is 8.53. The first-order valence-corrected chi connectivity index (χ1v) is 4.35. The molecular formula is C8H16N2O. The molecule has 1 saturated heterocycles. The van der Waals surface area contributed by atoms with E-state index in [1.54, 1.807) is 0 Å². The van der Waals surface area contributed by atoms with E-state index in [2.05, 4.69) is 10.6 Å². The zero-order chi connectivity index (χ0) is 8.10. The van der Waals surface area contributed by atoms with Crippen molar-refractivity contribution in [2.45, 2.75) is 38.8 Å². The van der Waals surface area contributed by atoms with Crippen LogP contribution in [0.1, 0.15) is 32.6 Å². The molecule has 0 aromatic heterocycles. The van der Waals surface area contributed by atoms with Gasteiger partial charge in [-0.2, -0.15) is 0 Å². The SMILES string of the molecule is CCC(=O)NC1CCCCN1. The quantitative estimate of drug-likeness (QED) is 0.615. The summed E-state index contributed by atoms with van der Waals surface area (Å²) >= 11 is 0. The van der Waals surface area contributed by atoms with E-state index in [1.807, 2.05) is 6.92 Å². The summed E-state index contributed by atoms with van der Waals surface area (Å²) in [6.07, 6.45) is 4.35. The minimum Gasteiger partial charge on any atom is -0.341 e. The lowest BCUT2D eigenvalue weighted by molar-refractivity contribution is -0.121. The molecule has 2 N–H and O–H groups in total. The number of carbonyl (C=O) groups is 1. The van der Waals surface area contributed by atoms with Gasteiger partial charge in [0.1, 0.15) is 0 Å². The van der Waals surface area contributed by atoms with Crippen molar-refractivity contribution in [1.29, 1.82) is 0 Å². The molecule has 1 heterocycles. The van der Waals surface area contributed by atoms with E-state index < -0.39 is 0 Å². The molecule has 1 aliphatic heterocycles. The summed E-state index contributed by atoms with van der Waals surface area (Å²) in [5.41, 5.74) is 0. The molecule has 0 saturated carbocycles. The minimum atomic E-state index is 0.143. The number of hydrogen-bond acceptors (Lipinski definition) is 2. The molecule has 1 amide bonds. The topological polar surface area (TPSA) is 41.1 Å². The maximum Gasteiger partial charge on any atom is 0.220 e. The van der Waals surface area contributed by atoms with E-state index in [9.17, 15) is 4.79 Å². The number of rotatable bonds is 2. The van der Waals surface area contributed by atoms with Gasteiger partial charge in [-0.1, -0.05) is 6.92 Å². The van der Waals surface area contributed by atoms with Gasteiger partial charge in [0, 0.05) is 6.42 Å². The van der Waals surface area contributed by atoms with E-state index in [0.717, 1.165) is 13.0 Å². The molecule has 0 bridgehead atoms. The Labute approximate surface area is 67.5 Å². The van der Waals surface area contributed by atoms with Gasteiger partial charge >= 0.3 is 0 Å². The lowest BCUT2D eigenvalue weighted by atomic mass is 10.1. The first-order chi connectivity index (χ1) is 5.33. The van der Waals surface area contributed by atoms with Crippen LogP contribution in [0.3, 0.4) is 0 Å². The Balaban J connectivity index is 2.19. The van der Waals surface area contributed by atoms with Crippen molar-refractivity contribution >= 4 is 5.91 Å². The monoisotopic (exact) mass is 156 g/mol. The Morgan fingerprint density at radius 3 is 3.00 bits per heavy atom. The second-order valence-corrected chi connectivity index (χ2v) is 2.92. The van der Waals surface area contributed by atoms with Crippen LogP contribution >= 0.6 is 0 Å². The average molecular weight is 156 g/mol. The summed E-state index contributed by atoms with van der Waals surface area (Å²) in [7, 11) is 0. The largest absolute Gasteiger partial charge is 0.341 e. The van der Waals surface area contributed by atoms with Crippen LogP contribution < -0.4 is 10.6 Å². The second-order valence-electron chi connectivity index (χ2n) is 2.92. The van der Waals surface area contributed by atoms with Crippen molar-refractivity contribution in [3.63, 3.8) is 0 Å². The molecule has 0 aliphatic carbocycles. The Morgan fingerprint density at radius 1 is 1.64 bits per heavy atom. The Kier molecular flexibility index (Phi) is 3.36. The molecule has 3 heteroatoms. The third-order valence-corrected chi connectivity index (χ3v) is 1.97. The molecule has 0 spiro atoms. The van der Waals surface area contributed by atoms with Gasteiger partial charge < -0.3 is 5.32 Å². The van der Waals surface area contributed by atoms with E-state index in [4.69, 9.17) is 0 Å². The molecule has 64 valence electrons. The highest BCUT2D eigenvalue weighted by Gasteiger charge is 2.12. The summed E-state index contributed by atoms with van der Waals surface area (Å²) in [5.74, 6) is 0.143. The van der Waals surface area contributed by atoms with Crippen molar-refractivity contribution in [3.05, 3.63) is 0 Å². The van der Waals surface area contributed by atoms with Gasteiger partial charge in [-0.3, -0.25) is 10.1 Å². The van der Waals surface area contributed by atoms with Gasteiger partial charge in [0.05, 0.1) is 6.17 Å². The number of piperidine rings is 1. The van der Waals surface area contributed by atoms with E-state index in [-0.39, 0.29) is 12.1 Å². The summed E-state index contributed by atoms with van der Waals surface area (Å²) in [6, 6.07) is 0. The molecule has 11 heavy (non-hydrogen) atoms. The normalized spacial score (nSPS) is 24.6. The molecule has 3 nitrogen and oxygen atoms in total. The second kappa shape index (κ2) is 4.34. The smallest absolute Gasteiger partial charge is 0.220 e. The van der Waals surface area contributed by atoms with Crippen molar-refractivity contribution in [3.8, 4) is 0 Å². The highest BCUT2D eigenvalue weighted by molar-refractivity contribution is 5.75. The number of nitrogens with one attached hydrogen (secondary N) is 2. The summed E-state index contributed by atoms with van der Waals surface area (Å²) in [4.78, 5) is 10.9. The number of hydrogen-bond donors (Lipinski definition) is 2. The fourth-order valence-corrected chi connectivity index (χ4v) is 1.27. The maximum atomic E-state index is 10.9. The van der Waals surface area contributed by atoms with Crippen LogP contribution in [-0.4, -0.2) is 18.6 Å². The number of carbonyl (C=O) groups excluding carboxylic acids is 1. The Bertz CT molecular complexity index is 130. The van der Waals surface area contributed by atoms with Crippen LogP contribution in [0.5, 0.6) is 0 Å². The fourth-order valence-electron chi connectivity index (χ4n) is 1.27.